The molecule has 1 rings (SSSR count). The van der Waals surface area contributed by atoms with Crippen molar-refractivity contribution >= 4 is 18.3 Å². The molecule has 126 valence electrons. The molecule has 0 aliphatic rings. The molecular weight excluding hydrogens is 323 g/mol. The van der Waals surface area contributed by atoms with E-state index in [-0.39, 0.29) is 29.8 Å². The first-order chi connectivity index (χ1) is 9.92. The summed E-state index contributed by atoms with van der Waals surface area (Å²) in [5, 5.41) is 5.80. The molecule has 0 fully saturated rings. The standard InChI is InChI=1S/C13H18F3N3O2.ClH/c1-2-5-17-6-7-18-12(20)10-3-4-11(19-8-10)21-9-13(14,15)16;/h3-4,8,17H,2,5-7,9H2,1H3,(H,18,20);1H. The first kappa shape index (κ1) is 20.5. The second kappa shape index (κ2) is 10.2. The largest absolute Gasteiger partial charge is 0.468 e. The van der Waals surface area contributed by atoms with Crippen molar-refractivity contribution in [1.29, 1.82) is 0 Å². The summed E-state index contributed by atoms with van der Waals surface area (Å²) >= 11 is 0. The third kappa shape index (κ3) is 8.68. The normalized spacial score (nSPS) is 10.7. The van der Waals surface area contributed by atoms with Gasteiger partial charge in [0.2, 0.25) is 5.88 Å². The van der Waals surface area contributed by atoms with Gasteiger partial charge in [-0.05, 0) is 19.0 Å². The van der Waals surface area contributed by atoms with Crippen LogP contribution in [0, 0.1) is 0 Å². The lowest BCUT2D eigenvalue weighted by atomic mass is 10.2. The van der Waals surface area contributed by atoms with E-state index in [9.17, 15) is 18.0 Å². The minimum absolute atomic E-state index is 0. The van der Waals surface area contributed by atoms with Crippen molar-refractivity contribution in [2.45, 2.75) is 19.5 Å². The molecule has 22 heavy (non-hydrogen) atoms. The zero-order chi connectivity index (χ0) is 15.7. The minimum atomic E-state index is -4.41. The average Bonchev–Trinajstić information content (AvgIpc) is 2.44. The molecule has 0 aliphatic heterocycles. The van der Waals surface area contributed by atoms with Crippen LogP contribution in [0.25, 0.3) is 0 Å². The third-order valence-electron chi connectivity index (χ3n) is 2.40. The van der Waals surface area contributed by atoms with Gasteiger partial charge in [-0.25, -0.2) is 4.98 Å². The van der Waals surface area contributed by atoms with E-state index < -0.39 is 12.8 Å². The molecule has 0 unspecified atom stereocenters. The highest BCUT2D eigenvalue weighted by atomic mass is 35.5. The summed E-state index contributed by atoms with van der Waals surface area (Å²) in [6.07, 6.45) is -2.22. The molecule has 1 aromatic heterocycles. The van der Waals surface area contributed by atoms with E-state index in [1.54, 1.807) is 0 Å². The summed E-state index contributed by atoms with van der Waals surface area (Å²) in [4.78, 5) is 15.4. The molecule has 0 radical (unpaired) electrons. The van der Waals surface area contributed by atoms with Crippen LogP contribution >= 0.6 is 12.4 Å². The molecule has 0 aliphatic carbocycles. The van der Waals surface area contributed by atoms with Crippen LogP contribution in [-0.4, -0.2) is 43.3 Å². The molecule has 0 aromatic carbocycles. The second-order valence-corrected chi connectivity index (χ2v) is 4.29. The number of halogens is 4. The highest BCUT2D eigenvalue weighted by Gasteiger charge is 2.28. The number of hydrogen-bond donors (Lipinski definition) is 2. The Morgan fingerprint density at radius 1 is 1.27 bits per heavy atom. The molecule has 9 heteroatoms. The number of carbonyl (C=O) groups is 1. The number of nitrogens with one attached hydrogen (secondary N) is 2. The Kier molecular flexibility index (Phi) is 9.51. The summed E-state index contributed by atoms with van der Waals surface area (Å²) in [7, 11) is 0. The Morgan fingerprint density at radius 2 is 2.00 bits per heavy atom. The molecule has 2 N–H and O–H groups in total. The smallest absolute Gasteiger partial charge is 0.422 e. The van der Waals surface area contributed by atoms with Crippen molar-refractivity contribution in [2.24, 2.45) is 0 Å². The molecule has 1 amide bonds. The van der Waals surface area contributed by atoms with Crippen LogP contribution < -0.4 is 15.4 Å². The van der Waals surface area contributed by atoms with Gasteiger partial charge < -0.3 is 15.4 Å². The summed E-state index contributed by atoms with van der Waals surface area (Å²) in [6, 6.07) is 2.60. The molecule has 5 nitrogen and oxygen atoms in total. The van der Waals surface area contributed by atoms with Crippen molar-refractivity contribution in [3.8, 4) is 5.88 Å². The lowest BCUT2D eigenvalue weighted by Gasteiger charge is -2.09. The maximum absolute atomic E-state index is 12.0. The van der Waals surface area contributed by atoms with Crippen LogP contribution in [-0.2, 0) is 0 Å². The predicted octanol–water partition coefficient (Wildman–Crippen LogP) is 2.17. The highest BCUT2D eigenvalue weighted by Crippen LogP contribution is 2.16. The van der Waals surface area contributed by atoms with Gasteiger partial charge in [-0.2, -0.15) is 13.2 Å². The van der Waals surface area contributed by atoms with Crippen molar-refractivity contribution in [2.75, 3.05) is 26.2 Å². The molecular formula is C13H19ClF3N3O2. The van der Waals surface area contributed by atoms with E-state index >= 15 is 0 Å². The molecule has 0 saturated carbocycles. The number of ether oxygens (including phenoxy) is 1. The van der Waals surface area contributed by atoms with Crippen molar-refractivity contribution < 1.29 is 22.7 Å². The molecule has 0 spiro atoms. The van der Waals surface area contributed by atoms with E-state index in [2.05, 4.69) is 20.4 Å². The van der Waals surface area contributed by atoms with E-state index in [0.717, 1.165) is 13.0 Å². The van der Waals surface area contributed by atoms with E-state index in [1.807, 2.05) is 6.92 Å². The Hall–Kier alpha value is -1.54. The first-order valence-corrected chi connectivity index (χ1v) is 6.57. The maximum atomic E-state index is 12.0. The summed E-state index contributed by atoms with van der Waals surface area (Å²) < 4.78 is 40.3. The highest BCUT2D eigenvalue weighted by molar-refractivity contribution is 5.93. The van der Waals surface area contributed by atoms with Gasteiger partial charge in [0.15, 0.2) is 6.61 Å². The van der Waals surface area contributed by atoms with E-state index in [0.29, 0.717) is 13.1 Å². The fraction of sp³-hybridized carbons (Fsp3) is 0.538. The fourth-order valence-electron chi connectivity index (χ4n) is 1.42. The Bertz CT molecular complexity index is 441. The van der Waals surface area contributed by atoms with Gasteiger partial charge in [-0.1, -0.05) is 6.92 Å². The van der Waals surface area contributed by atoms with Crippen LogP contribution in [0.2, 0.25) is 0 Å². The number of pyridine rings is 1. The Balaban J connectivity index is 0.00000441. The fourth-order valence-corrected chi connectivity index (χ4v) is 1.42. The summed E-state index contributed by atoms with van der Waals surface area (Å²) in [6.45, 7) is 2.63. The number of carbonyl (C=O) groups excluding carboxylic acids is 1. The summed E-state index contributed by atoms with van der Waals surface area (Å²) in [5.41, 5.74) is 0.268. The molecule has 0 bridgehead atoms. The van der Waals surface area contributed by atoms with Crippen molar-refractivity contribution in [1.82, 2.24) is 15.6 Å². The zero-order valence-electron chi connectivity index (χ0n) is 12.1. The van der Waals surface area contributed by atoms with Gasteiger partial charge in [0.05, 0.1) is 5.56 Å². The van der Waals surface area contributed by atoms with Gasteiger partial charge in [-0.15, -0.1) is 12.4 Å². The average molecular weight is 342 g/mol. The van der Waals surface area contributed by atoms with E-state index in [1.165, 1.54) is 18.3 Å². The van der Waals surface area contributed by atoms with E-state index in [4.69, 9.17) is 0 Å². The van der Waals surface area contributed by atoms with Crippen LogP contribution in [0.15, 0.2) is 18.3 Å². The maximum Gasteiger partial charge on any atom is 0.422 e. The third-order valence-corrected chi connectivity index (χ3v) is 2.40. The molecule has 0 atom stereocenters. The predicted molar refractivity (Wildman–Crippen MR) is 78.5 cm³/mol. The lowest BCUT2D eigenvalue weighted by molar-refractivity contribution is -0.154. The van der Waals surface area contributed by atoms with Crippen molar-refractivity contribution in [3.05, 3.63) is 23.9 Å². The van der Waals surface area contributed by atoms with Crippen LogP contribution in [0.4, 0.5) is 13.2 Å². The van der Waals surface area contributed by atoms with Gasteiger partial charge >= 0.3 is 6.18 Å². The Labute approximate surface area is 133 Å². The van der Waals surface area contributed by atoms with Gasteiger partial charge in [0.25, 0.3) is 5.91 Å². The SMILES string of the molecule is CCCNCCNC(=O)c1ccc(OCC(F)(F)F)nc1.Cl. The Morgan fingerprint density at radius 3 is 2.55 bits per heavy atom. The van der Waals surface area contributed by atoms with Gasteiger partial charge in [-0.3, -0.25) is 4.79 Å². The number of alkyl halides is 3. The minimum Gasteiger partial charge on any atom is -0.468 e. The monoisotopic (exact) mass is 341 g/mol. The molecule has 1 heterocycles. The lowest BCUT2D eigenvalue weighted by Crippen LogP contribution is -2.32. The van der Waals surface area contributed by atoms with Crippen LogP contribution in [0.1, 0.15) is 23.7 Å². The number of hydrogen-bond acceptors (Lipinski definition) is 4. The quantitative estimate of drug-likeness (QED) is 0.711. The molecule has 1 aromatic rings. The topological polar surface area (TPSA) is 63.2 Å². The van der Waals surface area contributed by atoms with Gasteiger partial charge in [0, 0.05) is 25.4 Å². The second-order valence-electron chi connectivity index (χ2n) is 4.29. The first-order valence-electron chi connectivity index (χ1n) is 6.57. The zero-order valence-corrected chi connectivity index (χ0v) is 12.9. The van der Waals surface area contributed by atoms with Crippen molar-refractivity contribution in [3.63, 3.8) is 0 Å². The summed E-state index contributed by atoms with van der Waals surface area (Å²) in [5.74, 6) is -0.503. The molecule has 0 saturated heterocycles. The number of amides is 1. The van der Waals surface area contributed by atoms with Crippen LogP contribution in [0.3, 0.4) is 0 Å². The number of nitrogens with zero attached hydrogens (tertiary/aromatic N) is 1. The number of rotatable bonds is 8. The number of aromatic nitrogens is 1. The van der Waals surface area contributed by atoms with Gasteiger partial charge in [0.1, 0.15) is 0 Å². The van der Waals surface area contributed by atoms with Crippen LogP contribution in [0.5, 0.6) is 5.88 Å².